The van der Waals surface area contributed by atoms with E-state index in [0.717, 1.165) is 0 Å². The second kappa shape index (κ2) is 9.28. The number of nitrogens with two attached hydrogens (primary N) is 1. The fraction of sp³-hybridized carbons (Fsp3) is 0.217. The van der Waals surface area contributed by atoms with Crippen LogP contribution in [0.1, 0.15) is 16.6 Å². The Morgan fingerprint density at radius 1 is 1.14 bits per heavy atom. The Morgan fingerprint density at radius 3 is 2.76 bits per heavy atom. The second-order valence-electron chi connectivity index (χ2n) is 8.24. The summed E-state index contributed by atoms with van der Waals surface area (Å²) in [6, 6.07) is 15.7. The molecule has 0 bridgehead atoms. The molecule has 1 aliphatic rings. The van der Waals surface area contributed by atoms with Crippen molar-refractivity contribution < 1.29 is 24.2 Å². The zero-order valence-corrected chi connectivity index (χ0v) is 19.7. The van der Waals surface area contributed by atoms with Crippen LogP contribution in [0.3, 0.4) is 0 Å². The number of ether oxygens (including phenoxy) is 2. The molecule has 4 heterocycles. The van der Waals surface area contributed by atoms with Crippen molar-refractivity contribution in [2.45, 2.75) is 24.5 Å². The predicted octanol–water partition coefficient (Wildman–Crippen LogP) is 1.42. The Bertz CT molecular complexity index is 1590. The fourth-order valence-electron chi connectivity index (χ4n) is 4.18. The first-order chi connectivity index (χ1) is 18.0. The lowest BCUT2D eigenvalue weighted by Gasteiger charge is -2.20. The Labute approximate surface area is 213 Å². The molecule has 4 atom stereocenters. The molecule has 1 unspecified atom stereocenters. The number of carbonyl (C=O) groups excluding carboxylic acids is 1. The van der Waals surface area contributed by atoms with Crippen LogP contribution in [0.15, 0.2) is 60.9 Å². The number of aromatic nitrogens is 7. The summed E-state index contributed by atoms with van der Waals surface area (Å²) in [4.78, 5) is 32.2. The van der Waals surface area contributed by atoms with Crippen LogP contribution < -0.4 is 10.6 Å². The van der Waals surface area contributed by atoms with Gasteiger partial charge in [-0.05, 0) is 41.1 Å². The van der Waals surface area contributed by atoms with Crippen LogP contribution in [0.2, 0.25) is 5.28 Å². The maximum Gasteiger partial charge on any atom is 0.338 e. The number of para-hydroxylation sites is 1. The Morgan fingerprint density at radius 2 is 1.92 bits per heavy atom. The first kappa shape index (κ1) is 23.1. The smallest absolute Gasteiger partial charge is 0.338 e. The van der Waals surface area contributed by atoms with Gasteiger partial charge in [0.2, 0.25) is 5.28 Å². The fourth-order valence-corrected chi connectivity index (χ4v) is 4.35. The van der Waals surface area contributed by atoms with Gasteiger partial charge in [0.05, 0.1) is 11.9 Å². The molecule has 13 nitrogen and oxygen atoms in total. The molecule has 0 spiro atoms. The van der Waals surface area contributed by atoms with Crippen molar-refractivity contribution in [1.29, 1.82) is 0 Å². The SMILES string of the molecule is Nc1nc(Cl)nc2c1ncn2[C@@H]1O[C@H](COn2nnc3ccccc32)C(OC(=O)c2ccccc2)[C@@H]1O. The topological polar surface area (TPSA) is 165 Å². The van der Waals surface area contributed by atoms with E-state index in [4.69, 9.17) is 31.6 Å². The number of fused-ring (bicyclic) bond motifs is 2. The summed E-state index contributed by atoms with van der Waals surface area (Å²) in [5.41, 5.74) is 8.04. The summed E-state index contributed by atoms with van der Waals surface area (Å²) in [5, 5.41) is 19.2. The summed E-state index contributed by atoms with van der Waals surface area (Å²) in [7, 11) is 0. The van der Waals surface area contributed by atoms with Gasteiger partial charge in [-0.1, -0.05) is 35.2 Å². The molecule has 3 N–H and O–H groups in total. The zero-order valence-electron chi connectivity index (χ0n) is 19.0. The third-order valence-corrected chi connectivity index (χ3v) is 6.11. The summed E-state index contributed by atoms with van der Waals surface area (Å²) in [5.74, 6) is -0.554. The van der Waals surface area contributed by atoms with E-state index in [2.05, 4.69) is 25.3 Å². The molecule has 0 amide bonds. The van der Waals surface area contributed by atoms with Crippen molar-refractivity contribution in [3.63, 3.8) is 0 Å². The van der Waals surface area contributed by atoms with E-state index in [-0.39, 0.29) is 28.9 Å². The summed E-state index contributed by atoms with van der Waals surface area (Å²) < 4.78 is 13.3. The summed E-state index contributed by atoms with van der Waals surface area (Å²) in [6.07, 6.45) is -2.99. The monoisotopic (exact) mass is 522 g/mol. The number of carbonyl (C=O) groups is 1. The van der Waals surface area contributed by atoms with Crippen LogP contribution in [0.4, 0.5) is 5.82 Å². The van der Waals surface area contributed by atoms with Gasteiger partial charge in [0.25, 0.3) is 0 Å². The van der Waals surface area contributed by atoms with Gasteiger partial charge in [-0.15, -0.1) is 5.10 Å². The van der Waals surface area contributed by atoms with E-state index >= 15 is 0 Å². The molecule has 0 aliphatic carbocycles. The van der Waals surface area contributed by atoms with Crippen LogP contribution in [-0.4, -0.2) is 70.7 Å². The molecule has 1 saturated heterocycles. The standard InChI is InChI=1S/C23H19ClN8O5/c24-23-27-19(25)16-20(28-23)31(11-26-16)21-17(33)18(37-22(34)12-6-2-1-3-7-12)15(36-21)10-35-32-14-9-5-4-8-13(14)29-30-32/h1-9,11,15,17-18,21,33H,10H2,(H2,25,27,28)/t15-,17+,18?,21-/m1/s1. The molecule has 1 fully saturated rings. The molecule has 3 aromatic heterocycles. The average Bonchev–Trinajstić information content (AvgIpc) is 3.59. The van der Waals surface area contributed by atoms with Crippen molar-refractivity contribution in [1.82, 2.24) is 34.7 Å². The van der Waals surface area contributed by atoms with Crippen LogP contribution in [0, 0.1) is 0 Å². The number of benzene rings is 2. The highest BCUT2D eigenvalue weighted by Gasteiger charge is 2.48. The number of hydrogen-bond acceptors (Lipinski definition) is 11. The third kappa shape index (κ3) is 4.18. The Hall–Kier alpha value is -4.33. The predicted molar refractivity (Wildman–Crippen MR) is 129 cm³/mol. The minimum absolute atomic E-state index is 0.0752. The number of halogens is 1. The number of anilines is 1. The number of nitrogens with zero attached hydrogens (tertiary/aromatic N) is 7. The molecule has 5 aromatic rings. The van der Waals surface area contributed by atoms with Crippen molar-refractivity contribution in [2.75, 3.05) is 12.3 Å². The lowest BCUT2D eigenvalue weighted by molar-refractivity contribution is -0.0734. The van der Waals surface area contributed by atoms with E-state index in [0.29, 0.717) is 16.6 Å². The first-order valence-corrected chi connectivity index (χ1v) is 11.6. The summed E-state index contributed by atoms with van der Waals surface area (Å²) in [6.45, 7) is -0.127. The van der Waals surface area contributed by atoms with E-state index in [1.165, 1.54) is 15.7 Å². The maximum atomic E-state index is 12.9. The number of aliphatic hydroxyl groups is 1. The van der Waals surface area contributed by atoms with Crippen LogP contribution in [0.5, 0.6) is 0 Å². The van der Waals surface area contributed by atoms with Gasteiger partial charge in [0.1, 0.15) is 35.4 Å². The van der Waals surface area contributed by atoms with Crippen molar-refractivity contribution in [3.05, 3.63) is 71.8 Å². The quantitative estimate of drug-likeness (QED) is 0.244. The maximum absolute atomic E-state index is 12.9. The van der Waals surface area contributed by atoms with E-state index in [1.54, 1.807) is 42.5 Å². The molecule has 37 heavy (non-hydrogen) atoms. The molecule has 2 aromatic carbocycles. The van der Waals surface area contributed by atoms with E-state index in [1.807, 2.05) is 12.1 Å². The number of aliphatic hydroxyl groups excluding tert-OH is 1. The second-order valence-corrected chi connectivity index (χ2v) is 8.58. The van der Waals surface area contributed by atoms with Gasteiger partial charge < -0.3 is 25.2 Å². The number of imidazole rings is 1. The van der Waals surface area contributed by atoms with Gasteiger partial charge in [-0.3, -0.25) is 4.57 Å². The first-order valence-electron chi connectivity index (χ1n) is 11.2. The minimum Gasteiger partial charge on any atom is -0.453 e. The molecule has 1 aliphatic heterocycles. The Balaban J connectivity index is 1.31. The molecular formula is C23H19ClN8O5. The lowest BCUT2D eigenvalue weighted by atomic mass is 10.1. The van der Waals surface area contributed by atoms with E-state index in [9.17, 15) is 9.90 Å². The largest absolute Gasteiger partial charge is 0.453 e. The molecular weight excluding hydrogens is 504 g/mol. The molecule has 14 heteroatoms. The van der Waals surface area contributed by atoms with Crippen LogP contribution in [0.25, 0.3) is 22.2 Å². The molecule has 0 radical (unpaired) electrons. The number of esters is 1. The number of hydrogen-bond donors (Lipinski definition) is 2. The highest BCUT2D eigenvalue weighted by molar-refractivity contribution is 6.28. The normalized spacial score (nSPS) is 21.5. The van der Waals surface area contributed by atoms with Gasteiger partial charge in [0, 0.05) is 0 Å². The van der Waals surface area contributed by atoms with Gasteiger partial charge >= 0.3 is 5.97 Å². The average molecular weight is 523 g/mol. The Kier molecular flexibility index (Phi) is 5.79. The highest BCUT2D eigenvalue weighted by Crippen LogP contribution is 2.34. The van der Waals surface area contributed by atoms with Gasteiger partial charge in [-0.25, -0.2) is 9.78 Å². The third-order valence-electron chi connectivity index (χ3n) is 5.94. The van der Waals surface area contributed by atoms with Gasteiger partial charge in [-0.2, -0.15) is 9.97 Å². The molecule has 188 valence electrons. The zero-order chi connectivity index (χ0) is 25.5. The molecule has 6 rings (SSSR count). The van der Waals surface area contributed by atoms with Crippen molar-refractivity contribution in [2.24, 2.45) is 0 Å². The van der Waals surface area contributed by atoms with Crippen molar-refractivity contribution >= 4 is 45.6 Å². The number of rotatable bonds is 6. The lowest BCUT2D eigenvalue weighted by Crippen LogP contribution is -2.40. The van der Waals surface area contributed by atoms with Gasteiger partial charge in [0.15, 0.2) is 23.8 Å². The van der Waals surface area contributed by atoms with Crippen LogP contribution in [-0.2, 0) is 9.47 Å². The number of nitrogen functional groups attached to an aromatic ring is 1. The molecule has 0 saturated carbocycles. The highest BCUT2D eigenvalue weighted by atomic mass is 35.5. The summed E-state index contributed by atoms with van der Waals surface area (Å²) >= 11 is 5.99. The van der Waals surface area contributed by atoms with Crippen molar-refractivity contribution in [3.8, 4) is 0 Å². The van der Waals surface area contributed by atoms with Crippen LogP contribution >= 0.6 is 11.6 Å². The van der Waals surface area contributed by atoms with E-state index < -0.39 is 30.5 Å². The minimum atomic E-state index is -1.32.